The van der Waals surface area contributed by atoms with Gasteiger partial charge in [0.1, 0.15) is 0 Å². The Kier molecular flexibility index (Phi) is 3.90. The van der Waals surface area contributed by atoms with Crippen molar-refractivity contribution in [1.82, 2.24) is 0 Å². The van der Waals surface area contributed by atoms with E-state index in [1.165, 1.54) is 0 Å². The maximum absolute atomic E-state index is 11.7. The van der Waals surface area contributed by atoms with Crippen LogP contribution in [0.1, 0.15) is 13.3 Å². The quantitative estimate of drug-likeness (QED) is 0.601. The molecule has 0 aromatic carbocycles. The van der Waals surface area contributed by atoms with Crippen molar-refractivity contribution >= 4 is 0 Å². The lowest BCUT2D eigenvalue weighted by atomic mass is 10.4. The van der Waals surface area contributed by atoms with Gasteiger partial charge in [0.2, 0.25) is 0 Å². The van der Waals surface area contributed by atoms with Gasteiger partial charge in [0.05, 0.1) is 19.1 Å². The van der Waals surface area contributed by atoms with Crippen LogP contribution in [0.2, 0.25) is 0 Å². The number of hydrogen-bond donors (Lipinski definition) is 0. The third-order valence-corrected chi connectivity index (χ3v) is 1.04. The van der Waals surface area contributed by atoms with Crippen LogP contribution in [0.15, 0.2) is 0 Å². The number of rotatable bonds is 3. The maximum Gasteiger partial charge on any atom is 0.414 e. The van der Waals surface area contributed by atoms with E-state index in [0.29, 0.717) is 0 Å². The number of nitriles is 1. The zero-order valence-corrected chi connectivity index (χ0v) is 5.98. The first-order chi connectivity index (χ1) is 4.98. The van der Waals surface area contributed by atoms with Gasteiger partial charge >= 0.3 is 6.18 Å². The zero-order valence-electron chi connectivity index (χ0n) is 5.98. The summed E-state index contributed by atoms with van der Waals surface area (Å²) in [5, 5.41) is 7.97. The van der Waals surface area contributed by atoms with Gasteiger partial charge in [-0.25, -0.2) is 0 Å². The van der Waals surface area contributed by atoms with Gasteiger partial charge < -0.3 is 4.74 Å². The zero-order chi connectivity index (χ0) is 8.91. The molecule has 0 aromatic heterocycles. The summed E-state index contributed by atoms with van der Waals surface area (Å²) in [6, 6.07) is 1.68. The molecule has 0 bridgehead atoms. The second-order valence-electron chi connectivity index (χ2n) is 1.96. The van der Waals surface area contributed by atoms with E-state index in [9.17, 15) is 13.2 Å². The van der Waals surface area contributed by atoms with E-state index in [1.807, 2.05) is 0 Å². The minimum absolute atomic E-state index is 0.0135. The molecule has 2 nitrogen and oxygen atoms in total. The number of halogens is 3. The van der Waals surface area contributed by atoms with Crippen molar-refractivity contribution < 1.29 is 17.9 Å². The predicted molar refractivity (Wildman–Crippen MR) is 31.7 cm³/mol. The number of nitrogens with zero attached hydrogens (tertiary/aromatic N) is 1. The molecule has 0 heterocycles. The summed E-state index contributed by atoms with van der Waals surface area (Å²) in [4.78, 5) is 0. The van der Waals surface area contributed by atoms with Crippen molar-refractivity contribution in [2.45, 2.75) is 25.6 Å². The summed E-state index contributed by atoms with van der Waals surface area (Å²) in [6.07, 6.45) is -6.12. The van der Waals surface area contributed by atoms with Crippen molar-refractivity contribution in [2.75, 3.05) is 6.61 Å². The SMILES string of the molecule is CC(OCCC#N)C(F)(F)F. The van der Waals surface area contributed by atoms with E-state index in [4.69, 9.17) is 5.26 Å². The maximum atomic E-state index is 11.7. The Morgan fingerprint density at radius 2 is 2.09 bits per heavy atom. The van der Waals surface area contributed by atoms with Crippen LogP contribution in [0.5, 0.6) is 0 Å². The van der Waals surface area contributed by atoms with Crippen molar-refractivity contribution in [1.29, 1.82) is 5.26 Å². The minimum Gasteiger partial charge on any atom is -0.368 e. The van der Waals surface area contributed by atoms with Crippen LogP contribution in [-0.2, 0) is 4.74 Å². The van der Waals surface area contributed by atoms with Gasteiger partial charge in [0, 0.05) is 0 Å². The van der Waals surface area contributed by atoms with Gasteiger partial charge in [-0.3, -0.25) is 0 Å². The van der Waals surface area contributed by atoms with Gasteiger partial charge in [-0.15, -0.1) is 0 Å². The predicted octanol–water partition coefficient (Wildman–Crippen LogP) is 1.87. The summed E-state index contributed by atoms with van der Waals surface area (Å²) in [5.41, 5.74) is 0. The van der Waals surface area contributed by atoms with E-state index >= 15 is 0 Å². The van der Waals surface area contributed by atoms with Crippen LogP contribution >= 0.6 is 0 Å². The fourth-order valence-corrected chi connectivity index (χ4v) is 0.376. The number of ether oxygens (including phenoxy) is 1. The fourth-order valence-electron chi connectivity index (χ4n) is 0.376. The smallest absolute Gasteiger partial charge is 0.368 e. The lowest BCUT2D eigenvalue weighted by Gasteiger charge is -2.14. The molecule has 0 spiro atoms. The molecule has 0 aliphatic carbocycles. The molecule has 0 saturated carbocycles. The van der Waals surface area contributed by atoms with Crippen LogP contribution in [0.25, 0.3) is 0 Å². The molecule has 0 saturated heterocycles. The molecular weight excluding hydrogens is 159 g/mol. The number of hydrogen-bond acceptors (Lipinski definition) is 2. The first-order valence-electron chi connectivity index (χ1n) is 3.03. The summed E-state index contributed by atoms with van der Waals surface area (Å²) in [5.74, 6) is 0. The standard InChI is InChI=1S/C6H8F3NO/c1-5(6(7,8)9)11-4-2-3-10/h5H,2,4H2,1H3. The Bertz CT molecular complexity index is 149. The van der Waals surface area contributed by atoms with Gasteiger partial charge in [-0.2, -0.15) is 18.4 Å². The molecule has 0 rings (SSSR count). The third-order valence-electron chi connectivity index (χ3n) is 1.04. The lowest BCUT2D eigenvalue weighted by Crippen LogP contribution is -2.28. The first-order valence-corrected chi connectivity index (χ1v) is 3.03. The van der Waals surface area contributed by atoms with Crippen LogP contribution in [0, 0.1) is 11.3 Å². The van der Waals surface area contributed by atoms with E-state index < -0.39 is 12.3 Å². The Labute approximate surface area is 62.6 Å². The Balaban J connectivity index is 3.55. The number of alkyl halides is 3. The highest BCUT2D eigenvalue weighted by atomic mass is 19.4. The molecule has 0 aliphatic rings. The summed E-state index contributed by atoms with van der Waals surface area (Å²) in [7, 11) is 0. The minimum atomic E-state index is -4.32. The molecule has 0 N–H and O–H groups in total. The molecule has 0 amide bonds. The topological polar surface area (TPSA) is 33.0 Å². The monoisotopic (exact) mass is 167 g/mol. The molecule has 1 unspecified atom stereocenters. The molecule has 11 heavy (non-hydrogen) atoms. The van der Waals surface area contributed by atoms with Crippen molar-refractivity contribution in [2.24, 2.45) is 0 Å². The van der Waals surface area contributed by atoms with E-state index in [2.05, 4.69) is 4.74 Å². The lowest BCUT2D eigenvalue weighted by molar-refractivity contribution is -0.213. The third kappa shape index (κ3) is 4.62. The van der Waals surface area contributed by atoms with Crippen molar-refractivity contribution in [3.05, 3.63) is 0 Å². The van der Waals surface area contributed by atoms with Gasteiger partial charge in [-0.1, -0.05) is 0 Å². The molecular formula is C6H8F3NO. The highest BCUT2D eigenvalue weighted by Crippen LogP contribution is 2.22. The average molecular weight is 167 g/mol. The van der Waals surface area contributed by atoms with Gasteiger partial charge in [0.15, 0.2) is 6.10 Å². The second-order valence-corrected chi connectivity index (χ2v) is 1.96. The van der Waals surface area contributed by atoms with Crippen LogP contribution in [-0.4, -0.2) is 18.9 Å². The normalized spacial score (nSPS) is 14.1. The van der Waals surface area contributed by atoms with E-state index in [0.717, 1.165) is 6.92 Å². The summed E-state index contributed by atoms with van der Waals surface area (Å²) < 4.78 is 39.3. The first kappa shape index (κ1) is 10.2. The van der Waals surface area contributed by atoms with Crippen LogP contribution in [0.4, 0.5) is 13.2 Å². The second kappa shape index (κ2) is 4.19. The molecule has 0 fully saturated rings. The highest BCUT2D eigenvalue weighted by Gasteiger charge is 2.36. The van der Waals surface area contributed by atoms with Gasteiger partial charge in [0.25, 0.3) is 0 Å². The molecule has 0 aliphatic heterocycles. The van der Waals surface area contributed by atoms with Crippen molar-refractivity contribution in [3.8, 4) is 6.07 Å². The van der Waals surface area contributed by atoms with Crippen molar-refractivity contribution in [3.63, 3.8) is 0 Å². The van der Waals surface area contributed by atoms with E-state index in [1.54, 1.807) is 6.07 Å². The largest absolute Gasteiger partial charge is 0.414 e. The Hall–Kier alpha value is -0.760. The van der Waals surface area contributed by atoms with Crippen LogP contribution in [0.3, 0.4) is 0 Å². The fraction of sp³-hybridized carbons (Fsp3) is 0.833. The highest BCUT2D eigenvalue weighted by molar-refractivity contribution is 4.69. The Morgan fingerprint density at radius 1 is 1.55 bits per heavy atom. The molecule has 64 valence electrons. The average Bonchev–Trinajstić information content (AvgIpc) is 1.86. The Morgan fingerprint density at radius 3 is 2.45 bits per heavy atom. The van der Waals surface area contributed by atoms with Crippen LogP contribution < -0.4 is 0 Å². The summed E-state index contributed by atoms with van der Waals surface area (Å²) >= 11 is 0. The molecule has 0 radical (unpaired) electrons. The molecule has 5 heteroatoms. The van der Waals surface area contributed by atoms with Gasteiger partial charge in [-0.05, 0) is 6.92 Å². The molecule has 0 aromatic rings. The summed E-state index contributed by atoms with van der Waals surface area (Å²) in [6.45, 7) is 0.745. The van der Waals surface area contributed by atoms with E-state index in [-0.39, 0.29) is 13.0 Å². The molecule has 1 atom stereocenters.